The van der Waals surface area contributed by atoms with Crippen molar-refractivity contribution in [3.05, 3.63) is 29.8 Å². The van der Waals surface area contributed by atoms with Gasteiger partial charge >= 0.3 is 5.97 Å². The van der Waals surface area contributed by atoms with Gasteiger partial charge in [-0.05, 0) is 12.1 Å². The van der Waals surface area contributed by atoms with Crippen LogP contribution in [0.5, 0.6) is 5.75 Å². The number of carboxylic acids is 1. The lowest BCUT2D eigenvalue weighted by Gasteiger charge is -2.03. The first kappa shape index (κ1) is 11.1. The van der Waals surface area contributed by atoms with E-state index in [4.69, 9.17) is 9.84 Å². The molecule has 17 heavy (non-hydrogen) atoms. The number of methoxy groups -OCH3 is 1. The Morgan fingerprint density at radius 1 is 1.65 bits per heavy atom. The van der Waals surface area contributed by atoms with Gasteiger partial charge in [-0.15, -0.1) is 0 Å². The first-order chi connectivity index (χ1) is 8.19. The van der Waals surface area contributed by atoms with Gasteiger partial charge in [-0.3, -0.25) is 4.40 Å². The number of aldehydes is 1. The molecule has 2 aromatic rings. The summed E-state index contributed by atoms with van der Waals surface area (Å²) in [5.74, 6) is -0.356. The van der Waals surface area contributed by atoms with Crippen LogP contribution in [-0.4, -0.2) is 33.9 Å². The van der Waals surface area contributed by atoms with E-state index >= 15 is 0 Å². The average Bonchev–Trinajstić information content (AvgIpc) is 2.69. The third-order valence-corrected chi connectivity index (χ3v) is 2.39. The second-order valence-electron chi connectivity index (χ2n) is 3.35. The standard InChI is InChI=1S/C11H10N2O4/c1-17-7-3-2-5-13-8(4-6-14)12-9(10(7)13)11(15)16/h2-3,5-6H,4H2,1H3,(H,15,16). The van der Waals surface area contributed by atoms with Crippen molar-refractivity contribution in [2.45, 2.75) is 6.42 Å². The largest absolute Gasteiger partial charge is 0.494 e. The molecule has 0 radical (unpaired) electrons. The summed E-state index contributed by atoms with van der Waals surface area (Å²) >= 11 is 0. The molecule has 0 unspecified atom stereocenters. The first-order valence-corrected chi connectivity index (χ1v) is 4.90. The molecule has 0 atom stereocenters. The number of fused-ring (bicyclic) bond motifs is 1. The van der Waals surface area contributed by atoms with E-state index in [-0.39, 0.29) is 12.1 Å². The van der Waals surface area contributed by atoms with Gasteiger partial charge < -0.3 is 14.6 Å². The molecule has 0 aliphatic heterocycles. The van der Waals surface area contributed by atoms with Crippen LogP contribution in [0.1, 0.15) is 16.3 Å². The van der Waals surface area contributed by atoms with E-state index in [1.54, 1.807) is 22.7 Å². The van der Waals surface area contributed by atoms with Crippen molar-refractivity contribution in [1.82, 2.24) is 9.38 Å². The fourth-order valence-electron chi connectivity index (χ4n) is 1.70. The van der Waals surface area contributed by atoms with E-state index in [0.29, 0.717) is 23.4 Å². The second-order valence-corrected chi connectivity index (χ2v) is 3.35. The number of hydrogen-bond acceptors (Lipinski definition) is 4. The van der Waals surface area contributed by atoms with Crippen molar-refractivity contribution in [3.8, 4) is 5.75 Å². The first-order valence-electron chi connectivity index (χ1n) is 4.90. The summed E-state index contributed by atoms with van der Waals surface area (Å²) < 4.78 is 6.65. The van der Waals surface area contributed by atoms with E-state index < -0.39 is 5.97 Å². The van der Waals surface area contributed by atoms with Crippen LogP contribution < -0.4 is 4.74 Å². The van der Waals surface area contributed by atoms with Crippen LogP contribution in [0.2, 0.25) is 0 Å². The van der Waals surface area contributed by atoms with Crippen molar-refractivity contribution in [3.63, 3.8) is 0 Å². The minimum atomic E-state index is -1.15. The number of carboxylic acid groups (broad SMARTS) is 1. The summed E-state index contributed by atoms with van der Waals surface area (Å²) in [5.41, 5.74) is 0.249. The van der Waals surface area contributed by atoms with Gasteiger partial charge in [0.2, 0.25) is 0 Å². The van der Waals surface area contributed by atoms with E-state index in [2.05, 4.69) is 4.98 Å². The van der Waals surface area contributed by atoms with E-state index in [1.165, 1.54) is 7.11 Å². The zero-order valence-electron chi connectivity index (χ0n) is 9.08. The number of hydrogen-bond donors (Lipinski definition) is 1. The summed E-state index contributed by atoms with van der Waals surface area (Å²) in [4.78, 5) is 25.5. The topological polar surface area (TPSA) is 80.9 Å². The summed E-state index contributed by atoms with van der Waals surface area (Å²) in [5, 5.41) is 9.06. The van der Waals surface area contributed by atoms with Gasteiger partial charge in [-0.2, -0.15) is 0 Å². The summed E-state index contributed by atoms with van der Waals surface area (Å²) in [7, 11) is 1.45. The van der Waals surface area contributed by atoms with E-state index in [9.17, 15) is 9.59 Å². The Kier molecular flexibility index (Phi) is 2.78. The predicted molar refractivity (Wildman–Crippen MR) is 58.5 cm³/mol. The minimum absolute atomic E-state index is 0.0572. The van der Waals surface area contributed by atoms with Crippen molar-refractivity contribution in [2.24, 2.45) is 0 Å². The molecule has 0 amide bonds. The van der Waals surface area contributed by atoms with E-state index in [0.717, 1.165) is 0 Å². The molecule has 0 saturated heterocycles. The predicted octanol–water partition coefficient (Wildman–Crippen LogP) is 0.782. The number of aromatic nitrogens is 2. The quantitative estimate of drug-likeness (QED) is 0.791. The Hall–Kier alpha value is -2.37. The van der Waals surface area contributed by atoms with Crippen molar-refractivity contribution >= 4 is 17.8 Å². The summed E-state index contributed by atoms with van der Waals surface area (Å²) in [6, 6.07) is 3.35. The number of aromatic carboxylic acids is 1. The Balaban J connectivity index is 2.80. The Bertz CT molecular complexity index is 588. The molecule has 0 bridgehead atoms. The summed E-state index contributed by atoms with van der Waals surface area (Å²) in [6.45, 7) is 0. The fraction of sp³-hybridized carbons (Fsp3) is 0.182. The van der Waals surface area contributed by atoms with Crippen molar-refractivity contribution in [1.29, 1.82) is 0 Å². The SMILES string of the molecule is COc1cccn2c(CC=O)nc(C(=O)O)c12. The number of nitrogens with zero attached hydrogens (tertiary/aromatic N) is 2. The van der Waals surface area contributed by atoms with Gasteiger partial charge in [-0.1, -0.05) is 0 Å². The lowest BCUT2D eigenvalue weighted by molar-refractivity contribution is -0.107. The molecule has 0 aliphatic rings. The zero-order valence-corrected chi connectivity index (χ0v) is 9.08. The molecule has 2 aromatic heterocycles. The average molecular weight is 234 g/mol. The molecular formula is C11H10N2O4. The van der Waals surface area contributed by atoms with Crippen LogP contribution in [0.4, 0.5) is 0 Å². The Morgan fingerprint density at radius 3 is 3.00 bits per heavy atom. The highest BCUT2D eigenvalue weighted by Gasteiger charge is 2.19. The molecule has 0 fully saturated rings. The second kappa shape index (κ2) is 4.25. The Labute approximate surface area is 96.5 Å². The maximum atomic E-state index is 11.1. The molecule has 2 heterocycles. The third-order valence-electron chi connectivity index (χ3n) is 2.39. The monoisotopic (exact) mass is 234 g/mol. The van der Waals surface area contributed by atoms with Crippen LogP contribution in [0.25, 0.3) is 5.52 Å². The van der Waals surface area contributed by atoms with Crippen LogP contribution in [0.3, 0.4) is 0 Å². The normalized spacial score (nSPS) is 10.4. The minimum Gasteiger partial charge on any atom is -0.494 e. The van der Waals surface area contributed by atoms with Gasteiger partial charge in [0, 0.05) is 6.20 Å². The van der Waals surface area contributed by atoms with Gasteiger partial charge in [-0.25, -0.2) is 9.78 Å². The summed E-state index contributed by atoms with van der Waals surface area (Å²) in [6.07, 6.45) is 2.39. The molecule has 1 N–H and O–H groups in total. The highest BCUT2D eigenvalue weighted by atomic mass is 16.5. The lowest BCUT2D eigenvalue weighted by atomic mass is 10.3. The maximum Gasteiger partial charge on any atom is 0.356 e. The number of rotatable bonds is 4. The van der Waals surface area contributed by atoms with Crippen LogP contribution >= 0.6 is 0 Å². The number of pyridine rings is 1. The van der Waals surface area contributed by atoms with E-state index in [1.807, 2.05) is 0 Å². The molecule has 0 aliphatic carbocycles. The smallest absolute Gasteiger partial charge is 0.356 e. The van der Waals surface area contributed by atoms with Gasteiger partial charge in [0.1, 0.15) is 23.4 Å². The number of carbonyl (C=O) groups is 2. The van der Waals surface area contributed by atoms with Crippen LogP contribution in [0, 0.1) is 0 Å². The van der Waals surface area contributed by atoms with Crippen LogP contribution in [-0.2, 0) is 11.2 Å². The van der Waals surface area contributed by atoms with Crippen LogP contribution in [0.15, 0.2) is 18.3 Å². The highest BCUT2D eigenvalue weighted by Crippen LogP contribution is 2.24. The molecule has 6 heteroatoms. The fourth-order valence-corrected chi connectivity index (χ4v) is 1.70. The van der Waals surface area contributed by atoms with Gasteiger partial charge in [0.15, 0.2) is 5.69 Å². The van der Waals surface area contributed by atoms with Crippen molar-refractivity contribution in [2.75, 3.05) is 7.11 Å². The molecule has 6 nitrogen and oxygen atoms in total. The maximum absolute atomic E-state index is 11.1. The lowest BCUT2D eigenvalue weighted by Crippen LogP contribution is -1.99. The molecule has 0 saturated carbocycles. The number of ether oxygens (including phenoxy) is 1. The Morgan fingerprint density at radius 2 is 2.41 bits per heavy atom. The molecule has 0 spiro atoms. The highest BCUT2D eigenvalue weighted by molar-refractivity contribution is 5.95. The molecular weight excluding hydrogens is 224 g/mol. The van der Waals surface area contributed by atoms with Gasteiger partial charge in [0.05, 0.1) is 13.5 Å². The molecule has 0 aromatic carbocycles. The zero-order chi connectivity index (χ0) is 12.4. The van der Waals surface area contributed by atoms with Gasteiger partial charge in [0.25, 0.3) is 0 Å². The number of carbonyl (C=O) groups excluding carboxylic acids is 1. The molecule has 2 rings (SSSR count). The van der Waals surface area contributed by atoms with Crippen molar-refractivity contribution < 1.29 is 19.4 Å². The number of imidazole rings is 1. The third kappa shape index (κ3) is 1.73. The molecule has 88 valence electrons.